The van der Waals surface area contributed by atoms with Gasteiger partial charge in [0.2, 0.25) is 0 Å². The first-order chi connectivity index (χ1) is 12.5. The van der Waals surface area contributed by atoms with E-state index in [9.17, 15) is 4.79 Å². The highest BCUT2D eigenvalue weighted by Gasteiger charge is 2.21. The van der Waals surface area contributed by atoms with Crippen LogP contribution in [-0.2, 0) is 0 Å². The van der Waals surface area contributed by atoms with Crippen molar-refractivity contribution in [2.75, 3.05) is 45.7 Å². The lowest BCUT2D eigenvalue weighted by molar-refractivity contribution is 0.0657. The number of carbonyl (C=O) groups is 1. The minimum atomic E-state index is -0.0860. The second kappa shape index (κ2) is 7.88. The molecule has 26 heavy (non-hydrogen) atoms. The fourth-order valence-corrected chi connectivity index (χ4v) is 2.91. The third kappa shape index (κ3) is 4.05. The maximum atomic E-state index is 12.5. The lowest BCUT2D eigenvalue weighted by Crippen LogP contribution is -2.47. The van der Waals surface area contributed by atoms with Gasteiger partial charge in [0, 0.05) is 37.3 Å². The molecule has 0 unspecified atom stereocenters. The predicted molar refractivity (Wildman–Crippen MR) is 101 cm³/mol. The maximum Gasteiger partial charge on any atom is 0.274 e. The number of amides is 1. The molecule has 0 bridgehead atoms. The van der Waals surface area contributed by atoms with Crippen LogP contribution in [-0.4, -0.2) is 66.2 Å². The van der Waals surface area contributed by atoms with Crippen LogP contribution in [0.25, 0.3) is 0 Å². The number of nitrogens with zero attached hydrogens (tertiary/aromatic N) is 4. The molecule has 2 heterocycles. The van der Waals surface area contributed by atoms with Crippen molar-refractivity contribution < 1.29 is 9.53 Å². The highest BCUT2D eigenvalue weighted by molar-refractivity contribution is 6.31. The zero-order valence-corrected chi connectivity index (χ0v) is 15.9. The van der Waals surface area contributed by atoms with Crippen molar-refractivity contribution in [3.8, 4) is 5.75 Å². The molecule has 138 valence electrons. The molecule has 1 aliphatic heterocycles. The number of methoxy groups -OCH3 is 1. The van der Waals surface area contributed by atoms with Gasteiger partial charge in [0.15, 0.2) is 11.5 Å². The molecule has 1 saturated heterocycles. The van der Waals surface area contributed by atoms with Gasteiger partial charge in [-0.2, -0.15) is 0 Å². The molecule has 0 saturated carbocycles. The highest BCUT2D eigenvalue weighted by atomic mass is 35.5. The Morgan fingerprint density at radius 1 is 1.19 bits per heavy atom. The lowest BCUT2D eigenvalue weighted by Gasteiger charge is -2.32. The first-order valence-corrected chi connectivity index (χ1v) is 8.78. The van der Waals surface area contributed by atoms with Crippen molar-refractivity contribution in [2.24, 2.45) is 0 Å². The molecule has 1 amide bonds. The highest BCUT2D eigenvalue weighted by Crippen LogP contribution is 2.32. The number of benzene rings is 1. The molecule has 8 heteroatoms. The molecule has 1 aromatic heterocycles. The van der Waals surface area contributed by atoms with Crippen LogP contribution in [0.2, 0.25) is 5.02 Å². The quantitative estimate of drug-likeness (QED) is 0.885. The number of piperazine rings is 1. The summed E-state index contributed by atoms with van der Waals surface area (Å²) in [6, 6.07) is 7.05. The molecule has 0 aliphatic carbocycles. The van der Waals surface area contributed by atoms with Gasteiger partial charge in [-0.25, -0.2) is 0 Å². The average molecular weight is 376 g/mol. The Labute approximate surface area is 157 Å². The summed E-state index contributed by atoms with van der Waals surface area (Å²) >= 11 is 6.13. The van der Waals surface area contributed by atoms with Gasteiger partial charge < -0.3 is 19.9 Å². The van der Waals surface area contributed by atoms with Crippen molar-refractivity contribution in [1.29, 1.82) is 0 Å². The number of nitrogens with one attached hydrogen (secondary N) is 1. The summed E-state index contributed by atoms with van der Waals surface area (Å²) < 4.78 is 5.34. The lowest BCUT2D eigenvalue weighted by atomic mass is 10.2. The summed E-state index contributed by atoms with van der Waals surface area (Å²) in [7, 11) is 3.63. The molecule has 1 aliphatic rings. The van der Waals surface area contributed by atoms with E-state index in [1.165, 1.54) is 0 Å². The van der Waals surface area contributed by atoms with E-state index in [0.717, 1.165) is 24.3 Å². The van der Waals surface area contributed by atoms with E-state index in [1.807, 2.05) is 17.9 Å². The molecule has 0 spiro atoms. The van der Waals surface area contributed by atoms with Crippen LogP contribution < -0.4 is 10.1 Å². The standard InChI is InChI=1S/C18H22ClN5O2/c1-12-10-15(16(26-3)11-13(12)19)20-17-5-4-14(21-22-17)18(25)24-8-6-23(2)7-9-24/h4-5,10-11H,6-9H2,1-3H3,(H,20,22). The average Bonchev–Trinajstić information content (AvgIpc) is 2.65. The molecule has 0 atom stereocenters. The van der Waals surface area contributed by atoms with Crippen molar-refractivity contribution >= 4 is 29.0 Å². The largest absolute Gasteiger partial charge is 0.495 e. The molecule has 1 aromatic carbocycles. The topological polar surface area (TPSA) is 70.6 Å². The Morgan fingerprint density at radius 2 is 1.92 bits per heavy atom. The number of hydrogen-bond donors (Lipinski definition) is 1. The minimum Gasteiger partial charge on any atom is -0.495 e. The zero-order valence-electron chi connectivity index (χ0n) is 15.1. The van der Waals surface area contributed by atoms with Gasteiger partial charge in [-0.3, -0.25) is 4.79 Å². The Kier molecular flexibility index (Phi) is 5.58. The van der Waals surface area contributed by atoms with Gasteiger partial charge in [-0.05, 0) is 37.7 Å². The second-order valence-electron chi connectivity index (χ2n) is 6.33. The number of aromatic nitrogens is 2. The molecule has 1 fully saturated rings. The maximum absolute atomic E-state index is 12.5. The number of aryl methyl sites for hydroxylation is 1. The van der Waals surface area contributed by atoms with Crippen molar-refractivity contribution in [3.63, 3.8) is 0 Å². The van der Waals surface area contributed by atoms with Crippen LogP contribution in [0.5, 0.6) is 5.75 Å². The van der Waals surface area contributed by atoms with Crippen LogP contribution in [0.3, 0.4) is 0 Å². The summed E-state index contributed by atoms with van der Waals surface area (Å²) in [6.45, 7) is 5.07. The van der Waals surface area contributed by atoms with E-state index in [4.69, 9.17) is 16.3 Å². The summed E-state index contributed by atoms with van der Waals surface area (Å²) in [5.41, 5.74) is 2.01. The Balaban J connectivity index is 1.72. The number of halogens is 1. The number of hydrogen-bond acceptors (Lipinski definition) is 6. The second-order valence-corrected chi connectivity index (χ2v) is 6.73. The normalized spacial score (nSPS) is 15.0. The smallest absolute Gasteiger partial charge is 0.274 e. The van der Waals surface area contributed by atoms with Crippen molar-refractivity contribution in [3.05, 3.63) is 40.5 Å². The molecule has 1 N–H and O–H groups in total. The fourth-order valence-electron chi connectivity index (χ4n) is 2.75. The summed E-state index contributed by atoms with van der Waals surface area (Å²) in [6.07, 6.45) is 0. The van der Waals surface area contributed by atoms with E-state index >= 15 is 0 Å². The predicted octanol–water partition coefficient (Wildman–Crippen LogP) is 2.58. The molecule has 7 nitrogen and oxygen atoms in total. The zero-order chi connectivity index (χ0) is 18.7. The molecular weight excluding hydrogens is 354 g/mol. The van der Waals surface area contributed by atoms with Crippen LogP contribution in [0.1, 0.15) is 16.1 Å². The number of ether oxygens (including phenoxy) is 1. The molecule has 3 rings (SSSR count). The van der Waals surface area contributed by atoms with Crippen molar-refractivity contribution in [1.82, 2.24) is 20.0 Å². The van der Waals surface area contributed by atoms with E-state index in [-0.39, 0.29) is 5.91 Å². The number of likely N-dealkylation sites (N-methyl/N-ethyl adjacent to an activating group) is 1. The van der Waals surface area contributed by atoms with Crippen LogP contribution in [0.15, 0.2) is 24.3 Å². The van der Waals surface area contributed by atoms with Gasteiger partial charge in [0.1, 0.15) is 5.75 Å². The van der Waals surface area contributed by atoms with Crippen LogP contribution >= 0.6 is 11.6 Å². The Morgan fingerprint density at radius 3 is 2.54 bits per heavy atom. The number of carbonyl (C=O) groups excluding carboxylic acids is 1. The summed E-state index contributed by atoms with van der Waals surface area (Å²) in [5.74, 6) is 1.05. The Bertz CT molecular complexity index is 789. The van der Waals surface area contributed by atoms with Gasteiger partial charge in [-0.1, -0.05) is 11.6 Å². The van der Waals surface area contributed by atoms with E-state index in [2.05, 4.69) is 27.5 Å². The molecular formula is C18H22ClN5O2. The first kappa shape index (κ1) is 18.4. The minimum absolute atomic E-state index is 0.0860. The SMILES string of the molecule is COc1cc(Cl)c(C)cc1Nc1ccc(C(=O)N2CCN(C)CC2)nn1. The summed E-state index contributed by atoms with van der Waals surface area (Å²) in [5, 5.41) is 12.0. The Hall–Kier alpha value is -2.38. The van der Waals surface area contributed by atoms with Gasteiger partial charge in [0.25, 0.3) is 5.91 Å². The van der Waals surface area contributed by atoms with E-state index in [0.29, 0.717) is 35.4 Å². The third-order valence-corrected chi connectivity index (χ3v) is 4.82. The number of anilines is 2. The van der Waals surface area contributed by atoms with Gasteiger partial charge >= 0.3 is 0 Å². The third-order valence-electron chi connectivity index (χ3n) is 4.42. The molecule has 0 radical (unpaired) electrons. The number of rotatable bonds is 4. The van der Waals surface area contributed by atoms with Crippen LogP contribution in [0.4, 0.5) is 11.5 Å². The van der Waals surface area contributed by atoms with Gasteiger partial charge in [0.05, 0.1) is 12.8 Å². The summed E-state index contributed by atoms with van der Waals surface area (Å²) in [4.78, 5) is 16.5. The fraction of sp³-hybridized carbons (Fsp3) is 0.389. The van der Waals surface area contributed by atoms with Crippen LogP contribution in [0, 0.1) is 6.92 Å². The van der Waals surface area contributed by atoms with E-state index in [1.54, 1.807) is 25.3 Å². The monoisotopic (exact) mass is 375 g/mol. The van der Waals surface area contributed by atoms with Crippen molar-refractivity contribution in [2.45, 2.75) is 6.92 Å². The van der Waals surface area contributed by atoms with E-state index < -0.39 is 0 Å². The molecule has 2 aromatic rings. The first-order valence-electron chi connectivity index (χ1n) is 8.40. The van der Waals surface area contributed by atoms with Gasteiger partial charge in [-0.15, -0.1) is 10.2 Å².